The van der Waals surface area contributed by atoms with E-state index in [0.717, 1.165) is 28.6 Å². The molecule has 128 valence electrons. The third-order valence-electron chi connectivity index (χ3n) is 3.51. The highest BCUT2D eigenvalue weighted by Crippen LogP contribution is 2.30. The number of carboxylic acids is 1. The van der Waals surface area contributed by atoms with Gasteiger partial charge in [-0.1, -0.05) is 0 Å². The van der Waals surface area contributed by atoms with Crippen molar-refractivity contribution in [3.05, 3.63) is 29.8 Å². The molecular weight excluding hydrogens is 337 g/mol. The fraction of sp³-hybridized carbons (Fsp3) is 0.462. The van der Waals surface area contributed by atoms with Gasteiger partial charge in [-0.2, -0.15) is 17.5 Å². The van der Waals surface area contributed by atoms with E-state index in [1.54, 1.807) is 4.90 Å². The standard InChI is InChI=1S/C13H15F3N2O4S/c14-13(15,16)10-1-3-11(4-2-10)23(21,22)18-7-5-17(6-8-18)9-12(19)20/h1-4H,5-9H2,(H,19,20). The SMILES string of the molecule is O=C(O)CN1CCN(S(=O)(=O)c2ccc(C(F)(F)F)cc2)CC1. The van der Waals surface area contributed by atoms with E-state index in [0.29, 0.717) is 0 Å². The Kier molecular flexibility index (Phi) is 4.97. The molecule has 0 amide bonds. The molecule has 0 aromatic heterocycles. The van der Waals surface area contributed by atoms with Crippen molar-refractivity contribution in [3.8, 4) is 0 Å². The molecule has 0 saturated carbocycles. The monoisotopic (exact) mass is 352 g/mol. The molecular formula is C13H15F3N2O4S. The van der Waals surface area contributed by atoms with Crippen LogP contribution in [0.5, 0.6) is 0 Å². The topological polar surface area (TPSA) is 77.9 Å². The number of hydrogen-bond donors (Lipinski definition) is 1. The summed E-state index contributed by atoms with van der Waals surface area (Å²) in [5.74, 6) is -0.996. The maximum absolute atomic E-state index is 12.5. The molecule has 0 unspecified atom stereocenters. The van der Waals surface area contributed by atoms with E-state index in [4.69, 9.17) is 5.11 Å². The van der Waals surface area contributed by atoms with Crippen LogP contribution in [0.4, 0.5) is 13.2 Å². The highest BCUT2D eigenvalue weighted by Gasteiger charge is 2.32. The van der Waals surface area contributed by atoms with Crippen molar-refractivity contribution in [1.82, 2.24) is 9.21 Å². The normalized spacial score (nSPS) is 18.0. The van der Waals surface area contributed by atoms with E-state index >= 15 is 0 Å². The van der Waals surface area contributed by atoms with Gasteiger partial charge in [0.05, 0.1) is 17.0 Å². The van der Waals surface area contributed by atoms with Crippen molar-refractivity contribution in [2.75, 3.05) is 32.7 Å². The van der Waals surface area contributed by atoms with Crippen LogP contribution in [0.3, 0.4) is 0 Å². The van der Waals surface area contributed by atoms with Crippen LogP contribution in [-0.4, -0.2) is 61.4 Å². The molecule has 1 aliphatic rings. The van der Waals surface area contributed by atoms with Crippen LogP contribution in [0.2, 0.25) is 0 Å². The quantitative estimate of drug-likeness (QED) is 0.878. The van der Waals surface area contributed by atoms with Crippen LogP contribution in [0.15, 0.2) is 29.2 Å². The number of halogens is 3. The molecule has 0 aliphatic carbocycles. The molecule has 0 spiro atoms. The van der Waals surface area contributed by atoms with Gasteiger partial charge in [0, 0.05) is 26.2 Å². The van der Waals surface area contributed by atoms with Crippen LogP contribution < -0.4 is 0 Å². The summed E-state index contributed by atoms with van der Waals surface area (Å²) in [4.78, 5) is 12.0. The Hall–Kier alpha value is -1.65. The summed E-state index contributed by atoms with van der Waals surface area (Å²) < 4.78 is 63.4. The van der Waals surface area contributed by atoms with E-state index in [9.17, 15) is 26.4 Å². The van der Waals surface area contributed by atoms with E-state index in [-0.39, 0.29) is 37.6 Å². The zero-order valence-corrected chi connectivity index (χ0v) is 12.8. The Morgan fingerprint density at radius 2 is 1.61 bits per heavy atom. The predicted molar refractivity (Wildman–Crippen MR) is 74.3 cm³/mol. The number of alkyl halides is 3. The van der Waals surface area contributed by atoms with Gasteiger partial charge in [-0.3, -0.25) is 9.69 Å². The first kappa shape index (κ1) is 17.7. The summed E-state index contributed by atoms with van der Waals surface area (Å²) in [6.07, 6.45) is -4.52. The van der Waals surface area contributed by atoms with Gasteiger partial charge in [-0.15, -0.1) is 0 Å². The van der Waals surface area contributed by atoms with Gasteiger partial charge < -0.3 is 5.11 Å². The fourth-order valence-electron chi connectivity index (χ4n) is 2.28. The van der Waals surface area contributed by atoms with Gasteiger partial charge in [-0.25, -0.2) is 8.42 Å². The molecule has 1 saturated heterocycles. The van der Waals surface area contributed by atoms with Gasteiger partial charge >= 0.3 is 12.1 Å². The average Bonchev–Trinajstić information content (AvgIpc) is 2.46. The van der Waals surface area contributed by atoms with Crippen molar-refractivity contribution in [2.45, 2.75) is 11.1 Å². The molecule has 0 radical (unpaired) electrons. The fourth-order valence-corrected chi connectivity index (χ4v) is 3.71. The highest BCUT2D eigenvalue weighted by atomic mass is 32.2. The van der Waals surface area contributed by atoms with Crippen molar-refractivity contribution in [2.24, 2.45) is 0 Å². The lowest BCUT2D eigenvalue weighted by atomic mass is 10.2. The minimum atomic E-state index is -4.52. The summed E-state index contributed by atoms with van der Waals surface area (Å²) in [6.45, 7) is 0.528. The number of benzene rings is 1. The minimum Gasteiger partial charge on any atom is -0.480 e. The molecule has 1 aliphatic heterocycles. The third-order valence-corrected chi connectivity index (χ3v) is 5.42. The number of aliphatic carboxylic acids is 1. The van der Waals surface area contributed by atoms with Gasteiger partial charge in [0.25, 0.3) is 0 Å². The van der Waals surface area contributed by atoms with Gasteiger partial charge in [0.15, 0.2) is 0 Å². The second-order valence-electron chi connectivity index (χ2n) is 5.10. The first-order valence-electron chi connectivity index (χ1n) is 6.72. The first-order valence-corrected chi connectivity index (χ1v) is 8.16. The van der Waals surface area contributed by atoms with Gasteiger partial charge in [0.2, 0.25) is 10.0 Å². The molecule has 1 heterocycles. The summed E-state index contributed by atoms with van der Waals surface area (Å²) in [5.41, 5.74) is -0.914. The number of piperazine rings is 1. The average molecular weight is 352 g/mol. The van der Waals surface area contributed by atoms with Crippen molar-refractivity contribution in [3.63, 3.8) is 0 Å². The van der Waals surface area contributed by atoms with Crippen LogP contribution in [-0.2, 0) is 21.0 Å². The summed E-state index contributed by atoms with van der Waals surface area (Å²) in [6, 6.07) is 3.32. The molecule has 0 bridgehead atoms. The molecule has 1 aromatic carbocycles. The van der Waals surface area contributed by atoms with Gasteiger partial charge in [-0.05, 0) is 24.3 Å². The number of carbonyl (C=O) groups is 1. The molecule has 0 atom stereocenters. The second kappa shape index (κ2) is 6.46. The first-order chi connectivity index (χ1) is 10.6. The predicted octanol–water partition coefficient (Wildman–Crippen LogP) is 1.10. The van der Waals surface area contributed by atoms with E-state index in [2.05, 4.69) is 0 Å². The largest absolute Gasteiger partial charge is 0.480 e. The molecule has 2 rings (SSSR count). The second-order valence-corrected chi connectivity index (χ2v) is 7.03. The number of nitrogens with zero attached hydrogens (tertiary/aromatic N) is 2. The Bertz CT molecular complexity index is 665. The minimum absolute atomic E-state index is 0.0939. The lowest BCUT2D eigenvalue weighted by Crippen LogP contribution is -2.49. The summed E-state index contributed by atoms with van der Waals surface area (Å²) in [5, 5.41) is 8.70. The molecule has 1 aromatic rings. The molecule has 10 heteroatoms. The summed E-state index contributed by atoms with van der Waals surface area (Å²) in [7, 11) is -3.88. The van der Waals surface area contributed by atoms with Crippen LogP contribution >= 0.6 is 0 Å². The van der Waals surface area contributed by atoms with E-state index in [1.807, 2.05) is 0 Å². The Labute approximate surface area is 131 Å². The zero-order valence-electron chi connectivity index (χ0n) is 12.0. The third kappa shape index (κ3) is 4.21. The Morgan fingerprint density at radius 1 is 1.09 bits per heavy atom. The molecule has 1 fully saturated rings. The number of carboxylic acid groups (broad SMARTS) is 1. The van der Waals surface area contributed by atoms with Crippen molar-refractivity contribution >= 4 is 16.0 Å². The lowest BCUT2D eigenvalue weighted by Gasteiger charge is -2.33. The number of rotatable bonds is 4. The highest BCUT2D eigenvalue weighted by molar-refractivity contribution is 7.89. The van der Waals surface area contributed by atoms with Crippen LogP contribution in [0, 0.1) is 0 Å². The van der Waals surface area contributed by atoms with Crippen LogP contribution in [0.1, 0.15) is 5.56 Å². The van der Waals surface area contributed by atoms with E-state index < -0.39 is 27.7 Å². The summed E-state index contributed by atoms with van der Waals surface area (Å²) >= 11 is 0. The van der Waals surface area contributed by atoms with E-state index in [1.165, 1.54) is 0 Å². The maximum atomic E-state index is 12.5. The number of sulfonamides is 1. The molecule has 23 heavy (non-hydrogen) atoms. The Morgan fingerprint density at radius 3 is 2.04 bits per heavy atom. The number of hydrogen-bond acceptors (Lipinski definition) is 4. The lowest BCUT2D eigenvalue weighted by molar-refractivity contribution is -0.139. The Balaban J connectivity index is 2.09. The van der Waals surface area contributed by atoms with Crippen LogP contribution in [0.25, 0.3) is 0 Å². The van der Waals surface area contributed by atoms with Crippen molar-refractivity contribution in [1.29, 1.82) is 0 Å². The zero-order chi connectivity index (χ0) is 17.3. The molecule has 6 nitrogen and oxygen atoms in total. The molecule has 1 N–H and O–H groups in total. The van der Waals surface area contributed by atoms with Gasteiger partial charge in [0.1, 0.15) is 0 Å². The maximum Gasteiger partial charge on any atom is 0.416 e. The van der Waals surface area contributed by atoms with Crippen molar-refractivity contribution < 1.29 is 31.5 Å². The smallest absolute Gasteiger partial charge is 0.416 e.